The minimum atomic E-state index is -0.0301. The lowest BCUT2D eigenvalue weighted by atomic mass is 10.2. The number of nitrogens with zero attached hydrogens (tertiary/aromatic N) is 2. The Morgan fingerprint density at radius 1 is 1.33 bits per heavy atom. The molecule has 7 heteroatoms. The van der Waals surface area contributed by atoms with Gasteiger partial charge >= 0.3 is 0 Å². The number of carbonyl (C=O) groups is 1. The highest BCUT2D eigenvalue weighted by Crippen LogP contribution is 2.29. The Morgan fingerprint density at radius 2 is 2.00 bits per heavy atom. The number of aryl methyl sites for hydroxylation is 2. The molecule has 2 aromatic rings. The number of amides is 1. The molecule has 0 saturated carbocycles. The maximum Gasteiger partial charge on any atom is 0.263 e. The van der Waals surface area contributed by atoms with E-state index in [0.29, 0.717) is 10.5 Å². The van der Waals surface area contributed by atoms with E-state index in [2.05, 4.69) is 10.3 Å². The minimum absolute atomic E-state index is 0.00543. The van der Waals surface area contributed by atoms with Gasteiger partial charge in [0.1, 0.15) is 4.83 Å². The van der Waals surface area contributed by atoms with Crippen LogP contribution in [-0.2, 0) is 4.79 Å². The molecule has 2 aromatic heterocycles. The van der Waals surface area contributed by atoms with E-state index >= 15 is 0 Å². The van der Waals surface area contributed by atoms with Crippen LogP contribution in [0.2, 0.25) is 0 Å². The van der Waals surface area contributed by atoms with Crippen LogP contribution in [-0.4, -0.2) is 27.3 Å². The van der Waals surface area contributed by atoms with Crippen LogP contribution in [0.5, 0.6) is 0 Å². The van der Waals surface area contributed by atoms with E-state index in [-0.39, 0.29) is 29.3 Å². The summed E-state index contributed by atoms with van der Waals surface area (Å²) in [6.07, 6.45) is 0.894. The van der Waals surface area contributed by atoms with Crippen molar-refractivity contribution in [3.63, 3.8) is 0 Å². The van der Waals surface area contributed by atoms with Crippen LogP contribution in [0.1, 0.15) is 50.6 Å². The topological polar surface area (TPSA) is 64.0 Å². The Kier molecular flexibility index (Phi) is 6.09. The first-order valence-electron chi connectivity index (χ1n) is 8.20. The smallest absolute Gasteiger partial charge is 0.263 e. The quantitative estimate of drug-likeness (QED) is 0.625. The van der Waals surface area contributed by atoms with Crippen molar-refractivity contribution in [3.8, 4) is 0 Å². The van der Waals surface area contributed by atoms with Gasteiger partial charge in [-0.3, -0.25) is 14.2 Å². The zero-order valence-electron chi connectivity index (χ0n) is 15.1. The molecule has 0 fully saturated rings. The second-order valence-electron chi connectivity index (χ2n) is 6.29. The summed E-state index contributed by atoms with van der Waals surface area (Å²) in [5.74, 6) is 0.232. The van der Waals surface area contributed by atoms with Crippen LogP contribution >= 0.6 is 23.1 Å². The maximum absolute atomic E-state index is 12.9. The Bertz CT molecular complexity index is 808. The normalized spacial score (nSPS) is 12.8. The van der Waals surface area contributed by atoms with Gasteiger partial charge < -0.3 is 5.32 Å². The van der Waals surface area contributed by atoms with Crippen molar-refractivity contribution in [2.75, 3.05) is 5.75 Å². The molecule has 1 N–H and O–H groups in total. The van der Waals surface area contributed by atoms with Crippen molar-refractivity contribution in [1.82, 2.24) is 14.9 Å². The zero-order chi connectivity index (χ0) is 18.0. The standard InChI is InChI=1S/C17H25N3O2S2/c1-7-10(4)18-13(21)8-23-17-19-15-14(11(5)12(6)24-15)16(22)20(17)9(2)3/h9-10H,7-8H2,1-6H3,(H,18,21)/t10-/m0/s1. The first-order chi connectivity index (χ1) is 11.3. The number of rotatable bonds is 6. The summed E-state index contributed by atoms with van der Waals surface area (Å²) < 4.78 is 1.70. The molecule has 0 spiro atoms. The Morgan fingerprint density at radius 3 is 2.58 bits per heavy atom. The van der Waals surface area contributed by atoms with Gasteiger partial charge in [0.15, 0.2) is 5.16 Å². The van der Waals surface area contributed by atoms with Gasteiger partial charge in [0.2, 0.25) is 5.91 Å². The van der Waals surface area contributed by atoms with Crippen molar-refractivity contribution in [2.24, 2.45) is 0 Å². The summed E-state index contributed by atoms with van der Waals surface area (Å²) in [6.45, 7) is 11.9. The molecule has 0 aromatic carbocycles. The van der Waals surface area contributed by atoms with Crippen LogP contribution in [0, 0.1) is 13.8 Å². The summed E-state index contributed by atoms with van der Waals surface area (Å²) in [6, 6.07) is 0.151. The average molecular weight is 368 g/mol. The lowest BCUT2D eigenvalue weighted by molar-refractivity contribution is -0.119. The highest BCUT2D eigenvalue weighted by Gasteiger charge is 2.19. The van der Waals surface area contributed by atoms with Crippen molar-refractivity contribution < 1.29 is 4.79 Å². The summed E-state index contributed by atoms with van der Waals surface area (Å²) >= 11 is 2.86. The van der Waals surface area contributed by atoms with Gasteiger partial charge in [0.25, 0.3) is 5.56 Å². The number of carbonyl (C=O) groups excluding carboxylic acids is 1. The minimum Gasteiger partial charge on any atom is -0.353 e. The predicted molar refractivity (Wildman–Crippen MR) is 102 cm³/mol. The van der Waals surface area contributed by atoms with Gasteiger partial charge in [-0.2, -0.15) is 0 Å². The lowest BCUT2D eigenvalue weighted by Crippen LogP contribution is -2.33. The summed E-state index contributed by atoms with van der Waals surface area (Å²) in [7, 11) is 0. The SMILES string of the molecule is CC[C@H](C)NC(=O)CSc1nc2sc(C)c(C)c2c(=O)n1C(C)C. The molecule has 0 bridgehead atoms. The third-order valence-electron chi connectivity index (χ3n) is 4.07. The van der Waals surface area contributed by atoms with Crippen LogP contribution in [0.4, 0.5) is 0 Å². The van der Waals surface area contributed by atoms with Crippen LogP contribution in [0.3, 0.4) is 0 Å². The monoisotopic (exact) mass is 367 g/mol. The van der Waals surface area contributed by atoms with Gasteiger partial charge in [-0.05, 0) is 46.6 Å². The van der Waals surface area contributed by atoms with Crippen molar-refractivity contribution in [3.05, 3.63) is 20.8 Å². The van der Waals surface area contributed by atoms with Gasteiger partial charge in [-0.1, -0.05) is 18.7 Å². The van der Waals surface area contributed by atoms with Crippen LogP contribution < -0.4 is 10.9 Å². The molecular weight excluding hydrogens is 342 g/mol. The van der Waals surface area contributed by atoms with Crippen molar-refractivity contribution in [1.29, 1.82) is 0 Å². The number of thioether (sulfide) groups is 1. The van der Waals surface area contributed by atoms with E-state index < -0.39 is 0 Å². The number of thiophene rings is 1. The van der Waals surface area contributed by atoms with E-state index in [1.165, 1.54) is 23.1 Å². The second kappa shape index (κ2) is 7.70. The Balaban J connectivity index is 2.37. The van der Waals surface area contributed by atoms with E-state index in [4.69, 9.17) is 0 Å². The van der Waals surface area contributed by atoms with E-state index in [1.807, 2.05) is 41.5 Å². The second-order valence-corrected chi connectivity index (χ2v) is 8.44. The van der Waals surface area contributed by atoms with Gasteiger partial charge in [0, 0.05) is 17.0 Å². The average Bonchev–Trinajstić information content (AvgIpc) is 2.79. The third-order valence-corrected chi connectivity index (χ3v) is 6.13. The van der Waals surface area contributed by atoms with E-state index in [9.17, 15) is 9.59 Å². The molecule has 1 atom stereocenters. The number of fused-ring (bicyclic) bond motifs is 1. The lowest BCUT2D eigenvalue weighted by Gasteiger charge is -2.16. The number of hydrogen-bond acceptors (Lipinski definition) is 5. The van der Waals surface area contributed by atoms with Crippen LogP contribution in [0.25, 0.3) is 10.2 Å². The molecule has 0 unspecified atom stereocenters. The van der Waals surface area contributed by atoms with Crippen molar-refractivity contribution in [2.45, 2.75) is 65.2 Å². The Labute approximate surface area is 150 Å². The van der Waals surface area contributed by atoms with Crippen LogP contribution in [0.15, 0.2) is 9.95 Å². The van der Waals surface area contributed by atoms with Gasteiger partial charge in [0.05, 0.1) is 11.1 Å². The molecule has 2 rings (SSSR count). The van der Waals surface area contributed by atoms with Gasteiger partial charge in [-0.25, -0.2) is 4.98 Å². The summed E-state index contributed by atoms with van der Waals surface area (Å²) in [5.41, 5.74) is 0.995. The molecule has 1 amide bonds. The first kappa shape index (κ1) is 19.0. The highest BCUT2D eigenvalue weighted by molar-refractivity contribution is 7.99. The fourth-order valence-electron chi connectivity index (χ4n) is 2.39. The molecular formula is C17H25N3O2S2. The maximum atomic E-state index is 12.9. The molecule has 0 saturated heterocycles. The molecule has 0 aliphatic heterocycles. The van der Waals surface area contributed by atoms with E-state index in [0.717, 1.165) is 21.7 Å². The highest BCUT2D eigenvalue weighted by atomic mass is 32.2. The molecule has 0 radical (unpaired) electrons. The summed E-state index contributed by atoms with van der Waals surface area (Å²) in [5, 5.41) is 4.26. The molecule has 0 aliphatic carbocycles. The summed E-state index contributed by atoms with van der Waals surface area (Å²) in [4.78, 5) is 31.5. The molecule has 132 valence electrons. The van der Waals surface area contributed by atoms with Gasteiger partial charge in [-0.15, -0.1) is 11.3 Å². The zero-order valence-corrected chi connectivity index (χ0v) is 16.7. The van der Waals surface area contributed by atoms with E-state index in [1.54, 1.807) is 4.57 Å². The molecule has 24 heavy (non-hydrogen) atoms. The predicted octanol–water partition coefficient (Wildman–Crippen LogP) is 3.66. The number of nitrogens with one attached hydrogen (secondary N) is 1. The number of aromatic nitrogens is 2. The number of hydrogen-bond donors (Lipinski definition) is 1. The largest absolute Gasteiger partial charge is 0.353 e. The molecule has 5 nitrogen and oxygen atoms in total. The van der Waals surface area contributed by atoms with Crippen molar-refractivity contribution >= 4 is 39.2 Å². The molecule has 2 heterocycles. The fourth-order valence-corrected chi connectivity index (χ4v) is 4.40. The first-order valence-corrected chi connectivity index (χ1v) is 10.0. The molecule has 0 aliphatic rings. The Hall–Kier alpha value is -1.34. The fraction of sp³-hybridized carbons (Fsp3) is 0.588. The third kappa shape index (κ3) is 3.83.